The molecule has 1 nitrogen and oxygen atoms in total. The van der Waals surface area contributed by atoms with Gasteiger partial charge in [0.1, 0.15) is 0 Å². The summed E-state index contributed by atoms with van der Waals surface area (Å²) in [5.74, 6) is 8.46. The second-order valence-electron chi connectivity index (χ2n) is 21.3. The average molecular weight is 683 g/mol. The summed E-state index contributed by atoms with van der Waals surface area (Å²) in [5, 5.41) is 2.98. The maximum absolute atomic E-state index is 6.89. The summed E-state index contributed by atoms with van der Waals surface area (Å²) in [4.78, 5) is 0. The van der Waals surface area contributed by atoms with E-state index in [0.29, 0.717) is 28.1 Å². The fourth-order valence-corrected chi connectivity index (χ4v) is 26.9. The number of rotatable bonds is 8. The molecule has 0 radical (unpaired) electrons. The SMILES string of the molecule is COc1ccc(C)c(-c2c(C(C)C)cc(C(C)C)cc2C(C)C)c1[PH](C(C)(C)C)(C12CC3CC(CC(C3)C1)C2)C12CC3CC(CC(C3)C1)C2. The molecule has 10 rings (SSSR count). The van der Waals surface area contributed by atoms with Crippen LogP contribution in [0.2, 0.25) is 0 Å². The van der Waals surface area contributed by atoms with Crippen LogP contribution in [0.5, 0.6) is 5.75 Å². The van der Waals surface area contributed by atoms with Crippen molar-refractivity contribution in [2.75, 3.05) is 7.11 Å². The second-order valence-corrected chi connectivity index (χ2v) is 26.9. The summed E-state index contributed by atoms with van der Waals surface area (Å²) in [5.41, 5.74) is 9.44. The molecular weight excluding hydrogens is 611 g/mol. The summed E-state index contributed by atoms with van der Waals surface area (Å²) in [6, 6.07) is 10.2. The van der Waals surface area contributed by atoms with Crippen molar-refractivity contribution in [3.8, 4) is 16.9 Å². The van der Waals surface area contributed by atoms with E-state index in [-0.39, 0.29) is 5.16 Å². The zero-order valence-corrected chi connectivity index (χ0v) is 34.4. The Morgan fingerprint density at radius 1 is 0.612 bits per heavy atom. The van der Waals surface area contributed by atoms with Gasteiger partial charge in [0.2, 0.25) is 0 Å². The molecule has 0 atom stereocenters. The minimum atomic E-state index is -2.48. The summed E-state index contributed by atoms with van der Waals surface area (Å²) < 4.78 is 6.89. The molecule has 8 saturated carbocycles. The molecule has 8 aliphatic rings. The van der Waals surface area contributed by atoms with Gasteiger partial charge in [0.15, 0.2) is 0 Å². The first-order chi connectivity index (χ1) is 23.1. The van der Waals surface area contributed by atoms with E-state index in [9.17, 15) is 0 Å². The van der Waals surface area contributed by atoms with Crippen molar-refractivity contribution in [2.24, 2.45) is 35.5 Å². The van der Waals surface area contributed by atoms with Gasteiger partial charge in [0.05, 0.1) is 0 Å². The van der Waals surface area contributed by atoms with Crippen molar-refractivity contribution in [1.82, 2.24) is 0 Å². The Morgan fingerprint density at radius 3 is 1.31 bits per heavy atom. The van der Waals surface area contributed by atoms with Gasteiger partial charge in [-0.15, -0.1) is 0 Å². The Bertz CT molecular complexity index is 1450. The Kier molecular flexibility index (Phi) is 8.39. The van der Waals surface area contributed by atoms with Crippen LogP contribution in [0.3, 0.4) is 0 Å². The van der Waals surface area contributed by atoms with E-state index in [1.165, 1.54) is 93.9 Å². The molecule has 49 heavy (non-hydrogen) atoms. The molecule has 8 bridgehead atoms. The third-order valence-corrected chi connectivity index (χ3v) is 24.0. The fraction of sp³-hybridized carbons (Fsp3) is 0.745. The first kappa shape index (κ1) is 34.7. The number of hydrogen-bond donors (Lipinski definition) is 0. The predicted molar refractivity (Wildman–Crippen MR) is 215 cm³/mol. The quantitative estimate of drug-likeness (QED) is 0.252. The third-order valence-electron chi connectivity index (χ3n) is 16.1. The van der Waals surface area contributed by atoms with Gasteiger partial charge in [-0.25, -0.2) is 0 Å². The van der Waals surface area contributed by atoms with Crippen molar-refractivity contribution in [1.29, 1.82) is 0 Å². The van der Waals surface area contributed by atoms with Crippen molar-refractivity contribution < 1.29 is 4.74 Å². The van der Waals surface area contributed by atoms with Crippen molar-refractivity contribution in [2.45, 2.75) is 180 Å². The molecular formula is C47H71OP. The molecule has 0 aromatic heterocycles. The summed E-state index contributed by atoms with van der Waals surface area (Å²) in [6.07, 6.45) is 18.2. The zero-order chi connectivity index (χ0) is 34.8. The fourth-order valence-electron chi connectivity index (χ4n) is 16.0. The van der Waals surface area contributed by atoms with Gasteiger partial charge in [-0.2, -0.15) is 0 Å². The third kappa shape index (κ3) is 4.99. The molecule has 0 heterocycles. The maximum atomic E-state index is 6.89. The Hall–Kier alpha value is -1.33. The van der Waals surface area contributed by atoms with E-state index in [1.54, 1.807) is 22.3 Å². The van der Waals surface area contributed by atoms with Crippen LogP contribution >= 0.6 is 7.26 Å². The molecule has 0 N–H and O–H groups in total. The van der Waals surface area contributed by atoms with Crippen LogP contribution in [0.1, 0.15) is 179 Å². The molecule has 0 aliphatic heterocycles. The standard InChI is InChI=1S/C47H71OP/c1-28(2)38-20-39(29(3)4)43(40(21-38)30(5)6)42-31(7)12-13-41(48-11)44(42)49(45(8,9)10,46-22-32-14-33(23-46)16-34(15-32)24-46)47-25-35-17-36(26-47)19-37(18-35)27-47/h12-13,20-21,28-30,32-37,49H,14-19,22-27H2,1-11H3. The normalized spacial score (nSPS) is 35.3. The van der Waals surface area contributed by atoms with E-state index in [0.717, 1.165) is 35.5 Å². The molecule has 270 valence electrons. The van der Waals surface area contributed by atoms with E-state index in [2.05, 4.69) is 93.5 Å². The van der Waals surface area contributed by atoms with Crippen LogP contribution < -0.4 is 10.0 Å². The van der Waals surface area contributed by atoms with Crippen LogP contribution in [-0.4, -0.2) is 22.6 Å². The van der Waals surface area contributed by atoms with Crippen molar-refractivity contribution in [3.05, 3.63) is 46.5 Å². The van der Waals surface area contributed by atoms with Gasteiger partial charge in [0, 0.05) is 0 Å². The van der Waals surface area contributed by atoms with E-state index >= 15 is 0 Å². The minimum absolute atomic E-state index is 0.230. The van der Waals surface area contributed by atoms with Gasteiger partial charge in [0.25, 0.3) is 0 Å². The topological polar surface area (TPSA) is 9.23 Å². The number of ether oxygens (including phenoxy) is 1. The van der Waals surface area contributed by atoms with Crippen LogP contribution in [0, 0.1) is 42.4 Å². The van der Waals surface area contributed by atoms with Gasteiger partial charge in [-0.05, 0) is 0 Å². The molecule has 2 heteroatoms. The number of benzene rings is 2. The Labute approximate surface area is 301 Å². The molecule has 0 saturated heterocycles. The summed E-state index contributed by atoms with van der Waals surface area (Å²) >= 11 is 0. The van der Waals surface area contributed by atoms with E-state index in [4.69, 9.17) is 4.74 Å². The number of hydrogen-bond acceptors (Lipinski definition) is 1. The van der Waals surface area contributed by atoms with Crippen LogP contribution in [-0.2, 0) is 0 Å². The molecule has 0 unspecified atom stereocenters. The van der Waals surface area contributed by atoms with E-state index in [1.807, 2.05) is 12.4 Å². The van der Waals surface area contributed by atoms with Gasteiger partial charge in [-0.1, -0.05) is 0 Å². The molecule has 2 aromatic rings. The Balaban J connectivity index is 1.54. The molecule has 8 aliphatic carbocycles. The van der Waals surface area contributed by atoms with Crippen LogP contribution in [0.4, 0.5) is 0 Å². The van der Waals surface area contributed by atoms with E-state index < -0.39 is 7.26 Å². The van der Waals surface area contributed by atoms with Gasteiger partial charge < -0.3 is 0 Å². The van der Waals surface area contributed by atoms with Gasteiger partial charge in [-0.3, -0.25) is 0 Å². The first-order valence-corrected chi connectivity index (χ1v) is 23.0. The van der Waals surface area contributed by atoms with Crippen molar-refractivity contribution in [3.63, 3.8) is 0 Å². The number of methoxy groups -OCH3 is 1. The summed E-state index contributed by atoms with van der Waals surface area (Å²) in [6.45, 7) is 25.5. The average Bonchev–Trinajstić information content (AvgIpc) is 2.98. The monoisotopic (exact) mass is 683 g/mol. The molecule has 0 amide bonds. The first-order valence-electron chi connectivity index (χ1n) is 21.0. The van der Waals surface area contributed by atoms with Crippen LogP contribution in [0.15, 0.2) is 24.3 Å². The molecule has 2 aromatic carbocycles. The molecule has 0 spiro atoms. The second kappa shape index (κ2) is 11.8. The zero-order valence-electron chi connectivity index (χ0n) is 33.4. The number of aryl methyl sites for hydroxylation is 1. The van der Waals surface area contributed by atoms with Gasteiger partial charge >= 0.3 is 303 Å². The molecule has 8 fully saturated rings. The van der Waals surface area contributed by atoms with Crippen molar-refractivity contribution >= 4 is 12.6 Å². The Morgan fingerprint density at radius 2 is 1.00 bits per heavy atom. The van der Waals surface area contributed by atoms with Crippen LogP contribution in [0.25, 0.3) is 11.1 Å². The summed E-state index contributed by atoms with van der Waals surface area (Å²) in [7, 11) is -0.441. The predicted octanol–water partition coefficient (Wildman–Crippen LogP) is 13.2.